The Labute approximate surface area is 230 Å². The van der Waals surface area contributed by atoms with Crippen molar-refractivity contribution in [3.8, 4) is 17.2 Å². The first-order valence-corrected chi connectivity index (χ1v) is 12.7. The number of carbonyl (C=O) groups excluding carboxylic acids is 3. The van der Waals surface area contributed by atoms with E-state index in [0.29, 0.717) is 46.6 Å². The molecule has 1 N–H and O–H groups in total. The molecular weight excluding hydrogens is 515 g/mol. The first-order chi connectivity index (χ1) is 19.3. The van der Waals surface area contributed by atoms with Gasteiger partial charge in [-0.2, -0.15) is 0 Å². The van der Waals surface area contributed by atoms with E-state index in [1.54, 1.807) is 60.8 Å². The largest absolute Gasteiger partial charge is 0.496 e. The van der Waals surface area contributed by atoms with E-state index in [0.717, 1.165) is 5.56 Å². The van der Waals surface area contributed by atoms with Crippen LogP contribution in [-0.2, 0) is 27.3 Å². The average Bonchev–Trinajstić information content (AvgIpc) is 3.77. The van der Waals surface area contributed by atoms with Crippen molar-refractivity contribution in [1.29, 1.82) is 0 Å². The van der Waals surface area contributed by atoms with Crippen LogP contribution in [0.4, 0.5) is 4.39 Å². The Kier molecular flexibility index (Phi) is 7.57. The molecule has 40 heavy (non-hydrogen) atoms. The van der Waals surface area contributed by atoms with Gasteiger partial charge in [0.2, 0.25) is 0 Å². The summed E-state index contributed by atoms with van der Waals surface area (Å²) in [5.74, 6) is 0.271. The normalized spacial score (nSPS) is 13.5. The third-order valence-corrected chi connectivity index (χ3v) is 7.07. The number of halogens is 1. The Bertz CT molecular complexity index is 1580. The monoisotopic (exact) mass is 542 g/mol. The van der Waals surface area contributed by atoms with Crippen LogP contribution in [0.2, 0.25) is 0 Å². The fourth-order valence-corrected chi connectivity index (χ4v) is 4.68. The number of fused-ring (bicyclic) bond motifs is 1. The molecule has 0 aliphatic heterocycles. The molecule has 4 aromatic rings. The first kappa shape index (κ1) is 27.0. The van der Waals surface area contributed by atoms with Crippen molar-refractivity contribution in [3.63, 3.8) is 0 Å². The summed E-state index contributed by atoms with van der Waals surface area (Å²) in [6.45, 7) is 0. The number of hydrogen-bond donors (Lipinski definition) is 1. The van der Waals surface area contributed by atoms with Crippen LogP contribution in [0.3, 0.4) is 0 Å². The predicted octanol–water partition coefficient (Wildman–Crippen LogP) is 5.17. The predicted molar refractivity (Wildman–Crippen MR) is 145 cm³/mol. The van der Waals surface area contributed by atoms with Gasteiger partial charge >= 0.3 is 0 Å². The van der Waals surface area contributed by atoms with Crippen LogP contribution in [-0.4, -0.2) is 36.7 Å². The molecule has 3 aromatic carbocycles. The lowest BCUT2D eigenvalue weighted by Crippen LogP contribution is -2.28. The van der Waals surface area contributed by atoms with Crippen LogP contribution in [0.5, 0.6) is 17.2 Å². The third-order valence-electron chi connectivity index (χ3n) is 7.07. The van der Waals surface area contributed by atoms with Crippen LogP contribution in [0, 0.1) is 11.2 Å². The highest BCUT2D eigenvalue weighted by Gasteiger charge is 2.54. The van der Waals surface area contributed by atoms with E-state index in [2.05, 4.69) is 10.5 Å². The number of hydroxylamine groups is 1. The molecule has 204 valence electrons. The van der Waals surface area contributed by atoms with E-state index in [4.69, 9.17) is 14.3 Å². The Morgan fingerprint density at radius 2 is 1.50 bits per heavy atom. The quantitative estimate of drug-likeness (QED) is 0.206. The molecule has 1 amide bonds. The second-order valence-electron chi connectivity index (χ2n) is 9.67. The van der Waals surface area contributed by atoms with Crippen molar-refractivity contribution in [1.82, 2.24) is 10.5 Å². The number of ketones is 2. The number of benzene rings is 3. The van der Waals surface area contributed by atoms with Gasteiger partial charge in [-0.1, -0.05) is 24.3 Å². The highest BCUT2D eigenvalue weighted by atomic mass is 19.1. The lowest BCUT2D eigenvalue weighted by molar-refractivity contribution is -0.133. The molecule has 0 spiro atoms. The molecule has 0 atom stereocenters. The molecule has 1 aliphatic rings. The van der Waals surface area contributed by atoms with Crippen molar-refractivity contribution in [3.05, 3.63) is 95.4 Å². The lowest BCUT2D eigenvalue weighted by Gasteiger charge is -2.14. The minimum Gasteiger partial charge on any atom is -0.496 e. The number of hydrogen-bond acceptors (Lipinski definition) is 7. The molecule has 0 saturated heterocycles. The second kappa shape index (κ2) is 11.2. The van der Waals surface area contributed by atoms with E-state index in [1.165, 1.54) is 26.4 Å². The van der Waals surface area contributed by atoms with Crippen molar-refractivity contribution in [2.45, 2.75) is 25.7 Å². The van der Waals surface area contributed by atoms with E-state index in [9.17, 15) is 18.8 Å². The maximum Gasteiger partial charge on any atom is 0.278 e. The van der Waals surface area contributed by atoms with Gasteiger partial charge in [0.25, 0.3) is 5.91 Å². The van der Waals surface area contributed by atoms with Crippen LogP contribution in [0.15, 0.2) is 72.9 Å². The van der Waals surface area contributed by atoms with Gasteiger partial charge < -0.3 is 9.47 Å². The maximum absolute atomic E-state index is 13.2. The zero-order valence-electron chi connectivity index (χ0n) is 22.0. The van der Waals surface area contributed by atoms with Gasteiger partial charge in [-0.15, -0.1) is 0 Å². The standard InChI is InChI=1S/C31H27FN2O6/c1-38-27-18-25-23(17-24(27)30(37)34-39-2)26(11-14-33-25)40-22-9-5-20(6-10-22)16-29(36)31(12-13-31)28(35)15-19-3-7-21(32)8-4-19/h3-11,14,17-18H,12-13,15-16H2,1-2H3,(H,34,37). The molecule has 0 bridgehead atoms. The zero-order valence-corrected chi connectivity index (χ0v) is 22.0. The number of pyridine rings is 1. The van der Waals surface area contributed by atoms with Crippen LogP contribution >= 0.6 is 0 Å². The number of Topliss-reactive ketones (excluding diaryl/α,β-unsaturated/α-hetero) is 2. The summed E-state index contributed by atoms with van der Waals surface area (Å²) in [5.41, 5.74) is 3.62. The number of rotatable bonds is 11. The van der Waals surface area contributed by atoms with Crippen molar-refractivity contribution in [2.24, 2.45) is 5.41 Å². The number of nitrogens with one attached hydrogen (secondary N) is 1. The van der Waals surface area contributed by atoms with E-state index < -0.39 is 11.3 Å². The van der Waals surface area contributed by atoms with E-state index in [-0.39, 0.29) is 35.8 Å². The van der Waals surface area contributed by atoms with Crippen molar-refractivity contribution >= 4 is 28.4 Å². The van der Waals surface area contributed by atoms with Gasteiger partial charge in [0, 0.05) is 30.5 Å². The van der Waals surface area contributed by atoms with Crippen molar-refractivity contribution < 1.29 is 33.1 Å². The molecule has 9 heteroatoms. The fourth-order valence-electron chi connectivity index (χ4n) is 4.68. The van der Waals surface area contributed by atoms with Gasteiger partial charge in [-0.3, -0.25) is 24.2 Å². The highest BCUT2D eigenvalue weighted by molar-refractivity contribution is 6.11. The highest BCUT2D eigenvalue weighted by Crippen LogP contribution is 2.48. The zero-order chi connectivity index (χ0) is 28.3. The number of carbonyl (C=O) groups is 3. The Morgan fingerprint density at radius 1 is 0.875 bits per heavy atom. The molecule has 8 nitrogen and oxygen atoms in total. The molecule has 1 fully saturated rings. The van der Waals surface area contributed by atoms with Gasteiger partial charge in [0.1, 0.15) is 23.1 Å². The molecule has 1 aromatic heterocycles. The third kappa shape index (κ3) is 5.55. The summed E-state index contributed by atoms with van der Waals surface area (Å²) >= 11 is 0. The van der Waals surface area contributed by atoms with Crippen molar-refractivity contribution in [2.75, 3.05) is 14.2 Å². The minimum absolute atomic E-state index is 0.107. The van der Waals surface area contributed by atoms with Crippen LogP contribution < -0.4 is 15.0 Å². The Hall–Kier alpha value is -4.63. The maximum atomic E-state index is 13.2. The molecule has 1 heterocycles. The van der Waals surface area contributed by atoms with E-state index in [1.807, 2.05) is 0 Å². The SMILES string of the molecule is CONC(=O)c1cc2c(Oc3ccc(CC(=O)C4(C(=O)Cc5ccc(F)cc5)CC4)cc3)ccnc2cc1OC. The van der Waals surface area contributed by atoms with Crippen LogP contribution in [0.1, 0.15) is 34.3 Å². The molecule has 0 unspecified atom stereocenters. The average molecular weight is 543 g/mol. The lowest BCUT2D eigenvalue weighted by atomic mass is 9.88. The van der Waals surface area contributed by atoms with Gasteiger partial charge in [0.05, 0.1) is 30.7 Å². The van der Waals surface area contributed by atoms with Crippen LogP contribution in [0.25, 0.3) is 10.9 Å². The fraction of sp³-hybridized carbons (Fsp3) is 0.226. The number of amides is 1. The van der Waals surface area contributed by atoms with Gasteiger partial charge in [-0.05, 0) is 60.4 Å². The number of aromatic nitrogens is 1. The molecule has 1 aliphatic carbocycles. The summed E-state index contributed by atoms with van der Waals surface area (Å²) in [6.07, 6.45) is 2.91. The number of ether oxygens (including phenoxy) is 2. The van der Waals surface area contributed by atoms with Gasteiger partial charge in [0.15, 0.2) is 11.6 Å². The summed E-state index contributed by atoms with van der Waals surface area (Å²) in [7, 11) is 2.80. The Morgan fingerprint density at radius 3 is 2.08 bits per heavy atom. The minimum atomic E-state index is -0.951. The topological polar surface area (TPSA) is 104 Å². The Balaban J connectivity index is 1.29. The number of methoxy groups -OCH3 is 1. The van der Waals surface area contributed by atoms with Gasteiger partial charge in [-0.25, -0.2) is 9.87 Å². The molecule has 1 saturated carbocycles. The summed E-state index contributed by atoms with van der Waals surface area (Å²) in [4.78, 5) is 47.6. The summed E-state index contributed by atoms with van der Waals surface area (Å²) < 4.78 is 24.6. The number of nitrogens with zero attached hydrogens (tertiary/aromatic N) is 1. The smallest absolute Gasteiger partial charge is 0.278 e. The second-order valence-corrected chi connectivity index (χ2v) is 9.67. The summed E-state index contributed by atoms with van der Waals surface area (Å²) in [6, 6.07) is 17.8. The molecule has 5 rings (SSSR count). The molecular formula is C31H27FN2O6. The summed E-state index contributed by atoms with van der Waals surface area (Å²) in [5, 5.41) is 0.596. The van der Waals surface area contributed by atoms with E-state index >= 15 is 0 Å². The first-order valence-electron chi connectivity index (χ1n) is 12.7. The molecule has 0 radical (unpaired) electrons.